The molecule has 0 unspecified atom stereocenters. The van der Waals surface area contributed by atoms with Crippen molar-refractivity contribution in [1.29, 1.82) is 0 Å². The minimum Gasteiger partial charge on any atom is -0.317 e. The first kappa shape index (κ1) is 9.78. The van der Waals surface area contributed by atoms with Gasteiger partial charge in [-0.3, -0.25) is 0 Å². The summed E-state index contributed by atoms with van der Waals surface area (Å²) in [5.41, 5.74) is 0.950. The van der Waals surface area contributed by atoms with Gasteiger partial charge >= 0.3 is 0 Å². The van der Waals surface area contributed by atoms with Gasteiger partial charge in [0.2, 0.25) is 0 Å². The van der Waals surface area contributed by atoms with E-state index in [1.165, 1.54) is 12.8 Å². The maximum Gasteiger partial charge on any atom is 0.155 e. The topological polar surface area (TPSA) is 42.2 Å². The summed E-state index contributed by atoms with van der Waals surface area (Å²) in [7, 11) is 0. The van der Waals surface area contributed by atoms with E-state index in [2.05, 4.69) is 15.4 Å². The molecule has 1 N–H and O–H groups in total. The molecule has 2 aromatic heterocycles. The summed E-state index contributed by atoms with van der Waals surface area (Å²) in [6.45, 7) is 2.27. The lowest BCUT2D eigenvalue weighted by atomic mass is 9.94. The lowest BCUT2D eigenvalue weighted by Crippen LogP contribution is -2.28. The largest absolute Gasteiger partial charge is 0.317 e. The smallest absolute Gasteiger partial charge is 0.155 e. The fraction of sp³-hybridized carbons (Fsp3) is 0.500. The van der Waals surface area contributed by atoms with Crippen LogP contribution in [0.2, 0.25) is 0 Å². The van der Waals surface area contributed by atoms with Gasteiger partial charge in [0.15, 0.2) is 11.5 Å². The molecule has 2 aromatic rings. The van der Waals surface area contributed by atoms with Crippen LogP contribution in [0.4, 0.5) is 0 Å². The van der Waals surface area contributed by atoms with Crippen LogP contribution in [0, 0.1) is 5.92 Å². The number of piperidine rings is 1. The Morgan fingerprint density at radius 2 is 2.19 bits per heavy atom. The molecule has 3 rings (SSSR count). The number of pyridine rings is 1. The predicted octanol–water partition coefficient (Wildman–Crippen LogP) is 1.27. The molecular weight excluding hydrogens is 200 g/mol. The van der Waals surface area contributed by atoms with Gasteiger partial charge in [0.05, 0.1) is 0 Å². The summed E-state index contributed by atoms with van der Waals surface area (Å²) in [6, 6.07) is 5.98. The molecule has 84 valence electrons. The SMILES string of the molecule is c1ccn2nc(CC3CCNCC3)nc2c1. The molecule has 16 heavy (non-hydrogen) atoms. The number of nitrogens with one attached hydrogen (secondary N) is 1. The van der Waals surface area contributed by atoms with E-state index in [4.69, 9.17) is 0 Å². The highest BCUT2D eigenvalue weighted by Crippen LogP contribution is 2.16. The molecule has 0 atom stereocenters. The van der Waals surface area contributed by atoms with Gasteiger partial charge in [-0.05, 0) is 44.0 Å². The highest BCUT2D eigenvalue weighted by Gasteiger charge is 2.15. The Bertz CT molecular complexity index is 438. The van der Waals surface area contributed by atoms with Crippen molar-refractivity contribution in [3.8, 4) is 0 Å². The molecule has 0 aromatic carbocycles. The quantitative estimate of drug-likeness (QED) is 0.822. The Balaban J connectivity index is 1.78. The number of fused-ring (bicyclic) bond motifs is 1. The molecule has 0 bridgehead atoms. The second-order valence-electron chi connectivity index (χ2n) is 4.43. The molecule has 1 aliphatic rings. The van der Waals surface area contributed by atoms with Crippen LogP contribution in [0.15, 0.2) is 24.4 Å². The van der Waals surface area contributed by atoms with E-state index in [-0.39, 0.29) is 0 Å². The summed E-state index contributed by atoms with van der Waals surface area (Å²) in [6.07, 6.45) is 5.46. The molecule has 0 radical (unpaired) electrons. The van der Waals surface area contributed by atoms with E-state index >= 15 is 0 Å². The minimum atomic E-state index is 0.749. The molecule has 1 aliphatic heterocycles. The van der Waals surface area contributed by atoms with Crippen molar-refractivity contribution in [1.82, 2.24) is 19.9 Å². The van der Waals surface area contributed by atoms with Crippen molar-refractivity contribution in [2.45, 2.75) is 19.3 Å². The Kier molecular flexibility index (Phi) is 2.58. The molecule has 0 spiro atoms. The first-order valence-corrected chi connectivity index (χ1v) is 5.93. The van der Waals surface area contributed by atoms with Gasteiger partial charge in [-0.15, -0.1) is 0 Å². The minimum absolute atomic E-state index is 0.749. The van der Waals surface area contributed by atoms with E-state index in [1.54, 1.807) is 0 Å². The van der Waals surface area contributed by atoms with E-state index in [0.717, 1.165) is 36.9 Å². The van der Waals surface area contributed by atoms with Crippen LogP contribution < -0.4 is 5.32 Å². The molecule has 0 amide bonds. The lowest BCUT2D eigenvalue weighted by Gasteiger charge is -2.20. The predicted molar refractivity (Wildman–Crippen MR) is 62.3 cm³/mol. The Labute approximate surface area is 94.7 Å². The van der Waals surface area contributed by atoms with Crippen molar-refractivity contribution < 1.29 is 0 Å². The molecular formula is C12H16N4. The molecule has 0 saturated carbocycles. The number of nitrogens with zero attached hydrogens (tertiary/aromatic N) is 3. The van der Waals surface area contributed by atoms with Gasteiger partial charge in [0.1, 0.15) is 0 Å². The fourth-order valence-electron chi connectivity index (χ4n) is 2.31. The number of hydrogen-bond acceptors (Lipinski definition) is 3. The van der Waals surface area contributed by atoms with Gasteiger partial charge in [-0.1, -0.05) is 6.07 Å². The molecule has 0 aliphatic carbocycles. The normalized spacial score (nSPS) is 18.0. The van der Waals surface area contributed by atoms with Gasteiger partial charge in [-0.2, -0.15) is 5.10 Å². The van der Waals surface area contributed by atoms with Crippen molar-refractivity contribution in [2.75, 3.05) is 13.1 Å². The third-order valence-electron chi connectivity index (χ3n) is 3.22. The summed E-state index contributed by atoms with van der Waals surface area (Å²) in [5.74, 6) is 1.73. The van der Waals surface area contributed by atoms with Crippen LogP contribution in [0.3, 0.4) is 0 Å². The van der Waals surface area contributed by atoms with Crippen LogP contribution in [0.5, 0.6) is 0 Å². The second kappa shape index (κ2) is 4.22. The molecule has 4 nitrogen and oxygen atoms in total. The van der Waals surface area contributed by atoms with Crippen LogP contribution in [-0.4, -0.2) is 27.7 Å². The van der Waals surface area contributed by atoms with Crippen molar-refractivity contribution in [3.05, 3.63) is 30.2 Å². The average Bonchev–Trinajstić information content (AvgIpc) is 2.72. The monoisotopic (exact) mass is 216 g/mol. The van der Waals surface area contributed by atoms with E-state index < -0.39 is 0 Å². The maximum atomic E-state index is 4.54. The van der Waals surface area contributed by atoms with E-state index in [0.29, 0.717) is 0 Å². The summed E-state index contributed by atoms with van der Waals surface area (Å²) in [5, 5.41) is 7.87. The molecule has 3 heterocycles. The van der Waals surface area contributed by atoms with Gasteiger partial charge in [-0.25, -0.2) is 9.50 Å². The molecule has 1 saturated heterocycles. The van der Waals surface area contributed by atoms with Crippen molar-refractivity contribution in [2.24, 2.45) is 5.92 Å². The van der Waals surface area contributed by atoms with Crippen LogP contribution in [-0.2, 0) is 6.42 Å². The summed E-state index contributed by atoms with van der Waals surface area (Å²) < 4.78 is 1.86. The second-order valence-corrected chi connectivity index (χ2v) is 4.43. The van der Waals surface area contributed by atoms with Crippen molar-refractivity contribution >= 4 is 5.65 Å². The third kappa shape index (κ3) is 1.93. The summed E-state index contributed by atoms with van der Waals surface area (Å²) >= 11 is 0. The molecule has 4 heteroatoms. The average molecular weight is 216 g/mol. The first-order chi connectivity index (χ1) is 7.92. The highest BCUT2D eigenvalue weighted by atomic mass is 15.3. The Morgan fingerprint density at radius 1 is 1.31 bits per heavy atom. The van der Waals surface area contributed by atoms with Crippen LogP contribution in [0.1, 0.15) is 18.7 Å². The number of aromatic nitrogens is 3. The van der Waals surface area contributed by atoms with Crippen molar-refractivity contribution in [3.63, 3.8) is 0 Å². The fourth-order valence-corrected chi connectivity index (χ4v) is 2.31. The first-order valence-electron chi connectivity index (χ1n) is 5.93. The summed E-state index contributed by atoms with van der Waals surface area (Å²) in [4.78, 5) is 4.54. The lowest BCUT2D eigenvalue weighted by molar-refractivity contribution is 0.367. The van der Waals surface area contributed by atoms with E-state index in [1.807, 2.05) is 28.9 Å². The third-order valence-corrected chi connectivity index (χ3v) is 3.22. The molecule has 1 fully saturated rings. The highest BCUT2D eigenvalue weighted by molar-refractivity contribution is 5.36. The zero-order valence-electron chi connectivity index (χ0n) is 9.26. The zero-order chi connectivity index (χ0) is 10.8. The van der Waals surface area contributed by atoms with Crippen LogP contribution >= 0.6 is 0 Å². The van der Waals surface area contributed by atoms with Crippen LogP contribution in [0.25, 0.3) is 5.65 Å². The Hall–Kier alpha value is -1.42. The standard InChI is InChI=1S/C12H16N4/c1-2-8-16-12(3-1)14-11(15-16)9-10-4-6-13-7-5-10/h1-3,8,10,13H,4-7,9H2. The number of rotatable bonds is 2. The van der Waals surface area contributed by atoms with Gasteiger partial charge in [0, 0.05) is 12.6 Å². The van der Waals surface area contributed by atoms with E-state index in [9.17, 15) is 0 Å². The van der Waals surface area contributed by atoms with Gasteiger partial charge in [0.25, 0.3) is 0 Å². The number of hydrogen-bond donors (Lipinski definition) is 1. The Morgan fingerprint density at radius 3 is 3.00 bits per heavy atom. The zero-order valence-corrected chi connectivity index (χ0v) is 9.26. The van der Waals surface area contributed by atoms with Gasteiger partial charge < -0.3 is 5.32 Å². The maximum absolute atomic E-state index is 4.54.